The van der Waals surface area contributed by atoms with E-state index in [0.717, 1.165) is 6.07 Å². The van der Waals surface area contributed by atoms with Crippen LogP contribution in [-0.2, 0) is 4.79 Å². The van der Waals surface area contributed by atoms with Gasteiger partial charge in [0.05, 0.1) is 5.69 Å². The molecule has 0 saturated carbocycles. The van der Waals surface area contributed by atoms with Crippen molar-refractivity contribution in [2.75, 3.05) is 11.9 Å². The topological polar surface area (TPSA) is 92.4 Å². The fraction of sp³-hybridized carbons (Fsp3) is 0.385. The third-order valence-electron chi connectivity index (χ3n) is 2.77. The van der Waals surface area contributed by atoms with Crippen LogP contribution in [0.3, 0.4) is 0 Å². The Balaban J connectivity index is 2.74. The van der Waals surface area contributed by atoms with E-state index in [9.17, 15) is 14.0 Å². The summed E-state index contributed by atoms with van der Waals surface area (Å²) < 4.78 is 13.4. The summed E-state index contributed by atoms with van der Waals surface area (Å²) >= 11 is 0. The van der Waals surface area contributed by atoms with E-state index >= 15 is 0 Å². The molecular weight excluding hydrogens is 251 g/mol. The first-order valence-electron chi connectivity index (χ1n) is 5.97. The van der Waals surface area contributed by atoms with Gasteiger partial charge in [-0.05, 0) is 31.0 Å². The Morgan fingerprint density at radius 3 is 2.74 bits per heavy atom. The normalized spacial score (nSPS) is 11.9. The predicted octanol–water partition coefficient (Wildman–Crippen LogP) is 1.84. The van der Waals surface area contributed by atoms with Crippen LogP contribution in [0.1, 0.15) is 30.1 Å². The van der Waals surface area contributed by atoms with Crippen molar-refractivity contribution in [2.24, 2.45) is 11.7 Å². The molecule has 104 valence electrons. The fourth-order valence-corrected chi connectivity index (χ4v) is 1.55. The van der Waals surface area contributed by atoms with Crippen molar-refractivity contribution in [1.29, 1.82) is 0 Å². The second-order valence-corrected chi connectivity index (χ2v) is 4.40. The Kier molecular flexibility index (Phi) is 5.44. The van der Waals surface area contributed by atoms with Gasteiger partial charge in [-0.25, -0.2) is 9.18 Å². The molecule has 1 aromatic carbocycles. The summed E-state index contributed by atoms with van der Waals surface area (Å²) in [7, 11) is 0. The van der Waals surface area contributed by atoms with Gasteiger partial charge in [0.2, 0.25) is 5.91 Å². The van der Waals surface area contributed by atoms with Crippen molar-refractivity contribution in [3.8, 4) is 0 Å². The number of carboxylic acids is 1. The molecule has 19 heavy (non-hydrogen) atoms. The lowest BCUT2D eigenvalue weighted by atomic mass is 10.1. The maximum absolute atomic E-state index is 13.4. The first-order chi connectivity index (χ1) is 8.95. The molecule has 0 radical (unpaired) electrons. The number of halogens is 1. The first-order valence-corrected chi connectivity index (χ1v) is 5.97. The number of carboxylic acid groups (broad SMARTS) is 1. The van der Waals surface area contributed by atoms with Crippen LogP contribution in [-0.4, -0.2) is 23.5 Å². The Morgan fingerprint density at radius 2 is 2.16 bits per heavy atom. The summed E-state index contributed by atoms with van der Waals surface area (Å²) in [4.78, 5) is 22.6. The highest BCUT2D eigenvalue weighted by molar-refractivity contribution is 6.00. The highest BCUT2D eigenvalue weighted by Gasteiger charge is 2.17. The van der Waals surface area contributed by atoms with Crippen LogP contribution < -0.4 is 11.1 Å². The van der Waals surface area contributed by atoms with Gasteiger partial charge in [0, 0.05) is 6.42 Å². The zero-order chi connectivity index (χ0) is 14.4. The number of aromatic carboxylic acids is 1. The van der Waals surface area contributed by atoms with E-state index in [2.05, 4.69) is 5.32 Å². The molecule has 0 saturated heterocycles. The SMILES string of the molecule is CC(CN)CCC(=O)Nc1cccc(F)c1C(=O)O. The van der Waals surface area contributed by atoms with Crippen molar-refractivity contribution in [3.05, 3.63) is 29.6 Å². The third-order valence-corrected chi connectivity index (χ3v) is 2.77. The average molecular weight is 268 g/mol. The van der Waals surface area contributed by atoms with Crippen LogP contribution in [0.5, 0.6) is 0 Å². The summed E-state index contributed by atoms with van der Waals surface area (Å²) in [5.74, 6) is -2.44. The van der Waals surface area contributed by atoms with Gasteiger partial charge in [0.1, 0.15) is 11.4 Å². The number of nitrogens with one attached hydrogen (secondary N) is 1. The zero-order valence-corrected chi connectivity index (χ0v) is 10.6. The third kappa shape index (κ3) is 4.33. The van der Waals surface area contributed by atoms with Crippen LogP contribution in [0.4, 0.5) is 10.1 Å². The Morgan fingerprint density at radius 1 is 1.47 bits per heavy atom. The van der Waals surface area contributed by atoms with Crippen LogP contribution in [0.25, 0.3) is 0 Å². The maximum atomic E-state index is 13.4. The smallest absolute Gasteiger partial charge is 0.340 e. The molecule has 1 aromatic rings. The Labute approximate surface area is 110 Å². The van der Waals surface area contributed by atoms with Crippen molar-refractivity contribution in [1.82, 2.24) is 0 Å². The summed E-state index contributed by atoms with van der Waals surface area (Å²) in [6, 6.07) is 3.74. The van der Waals surface area contributed by atoms with Gasteiger partial charge in [-0.3, -0.25) is 4.79 Å². The fourth-order valence-electron chi connectivity index (χ4n) is 1.55. The lowest BCUT2D eigenvalue weighted by Crippen LogP contribution is -2.18. The zero-order valence-electron chi connectivity index (χ0n) is 10.6. The van der Waals surface area contributed by atoms with Crippen molar-refractivity contribution in [3.63, 3.8) is 0 Å². The van der Waals surface area contributed by atoms with Gasteiger partial charge in [0.15, 0.2) is 0 Å². The predicted molar refractivity (Wildman–Crippen MR) is 69.4 cm³/mol. The number of hydrogen-bond acceptors (Lipinski definition) is 3. The van der Waals surface area contributed by atoms with Gasteiger partial charge >= 0.3 is 5.97 Å². The largest absolute Gasteiger partial charge is 0.478 e. The number of anilines is 1. The molecule has 0 aliphatic heterocycles. The lowest BCUT2D eigenvalue weighted by molar-refractivity contribution is -0.116. The molecule has 0 bridgehead atoms. The average Bonchev–Trinajstić information content (AvgIpc) is 2.35. The van der Waals surface area contributed by atoms with Gasteiger partial charge in [0.25, 0.3) is 0 Å². The minimum absolute atomic E-state index is 0.0297. The minimum atomic E-state index is -1.41. The number of nitrogens with two attached hydrogens (primary N) is 1. The number of carbonyl (C=O) groups excluding carboxylic acids is 1. The van der Waals surface area contributed by atoms with Crippen molar-refractivity contribution < 1.29 is 19.1 Å². The summed E-state index contributed by atoms with van der Waals surface area (Å²) in [6.45, 7) is 2.39. The Hall–Kier alpha value is -1.95. The summed E-state index contributed by atoms with van der Waals surface area (Å²) in [5, 5.41) is 11.3. The molecule has 1 unspecified atom stereocenters. The molecule has 1 amide bonds. The van der Waals surface area contributed by atoms with E-state index in [1.807, 2.05) is 6.92 Å². The standard InChI is InChI=1S/C13H17FN2O3/c1-8(7-15)5-6-11(17)16-10-4-2-3-9(14)12(10)13(18)19/h2-4,8H,5-7,15H2,1H3,(H,16,17)(H,18,19). The quantitative estimate of drug-likeness (QED) is 0.734. The molecule has 5 nitrogen and oxygen atoms in total. The van der Waals surface area contributed by atoms with Gasteiger partial charge in [-0.1, -0.05) is 13.0 Å². The first kappa shape index (κ1) is 15.1. The van der Waals surface area contributed by atoms with Gasteiger partial charge in [-0.15, -0.1) is 0 Å². The molecule has 4 N–H and O–H groups in total. The van der Waals surface area contributed by atoms with E-state index in [-0.39, 0.29) is 23.9 Å². The number of hydrogen-bond donors (Lipinski definition) is 3. The number of benzene rings is 1. The van der Waals surface area contributed by atoms with Gasteiger partial charge in [-0.2, -0.15) is 0 Å². The second-order valence-electron chi connectivity index (χ2n) is 4.40. The Bertz CT molecular complexity index is 477. The molecule has 0 aliphatic rings. The molecule has 0 spiro atoms. The van der Waals surface area contributed by atoms with Crippen LogP contribution in [0, 0.1) is 11.7 Å². The van der Waals surface area contributed by atoms with Crippen LogP contribution in [0.2, 0.25) is 0 Å². The summed E-state index contributed by atoms with van der Waals surface area (Å²) in [5.41, 5.74) is 4.88. The molecule has 1 rings (SSSR count). The molecule has 1 atom stereocenters. The van der Waals surface area contributed by atoms with Crippen LogP contribution in [0.15, 0.2) is 18.2 Å². The number of amides is 1. The highest BCUT2D eigenvalue weighted by atomic mass is 19.1. The summed E-state index contributed by atoms with van der Waals surface area (Å²) in [6.07, 6.45) is 0.813. The van der Waals surface area contributed by atoms with E-state index in [1.54, 1.807) is 0 Å². The number of rotatable bonds is 6. The van der Waals surface area contributed by atoms with E-state index in [4.69, 9.17) is 10.8 Å². The maximum Gasteiger partial charge on any atom is 0.340 e. The van der Waals surface area contributed by atoms with Gasteiger partial charge < -0.3 is 16.2 Å². The highest BCUT2D eigenvalue weighted by Crippen LogP contribution is 2.19. The molecule has 0 heterocycles. The van der Waals surface area contributed by atoms with Crippen molar-refractivity contribution >= 4 is 17.6 Å². The van der Waals surface area contributed by atoms with E-state index in [0.29, 0.717) is 13.0 Å². The lowest BCUT2D eigenvalue weighted by Gasteiger charge is -2.10. The van der Waals surface area contributed by atoms with E-state index < -0.39 is 17.3 Å². The van der Waals surface area contributed by atoms with Crippen molar-refractivity contribution in [2.45, 2.75) is 19.8 Å². The monoisotopic (exact) mass is 268 g/mol. The molecule has 0 aromatic heterocycles. The molecule has 6 heteroatoms. The number of carbonyl (C=O) groups is 2. The molecule has 0 fully saturated rings. The van der Waals surface area contributed by atoms with E-state index in [1.165, 1.54) is 12.1 Å². The second kappa shape index (κ2) is 6.84. The van der Waals surface area contributed by atoms with Crippen LogP contribution >= 0.6 is 0 Å². The minimum Gasteiger partial charge on any atom is -0.478 e. The molecular formula is C13H17FN2O3. The molecule has 0 aliphatic carbocycles.